The molecule has 0 spiro atoms. The number of carboxylic acid groups (broad SMARTS) is 2. The smallest absolute Gasteiger partial charge is 0.384 e. The molecule has 6 aromatic rings. The van der Waals surface area contributed by atoms with Crippen molar-refractivity contribution < 1.29 is 33.4 Å². The summed E-state index contributed by atoms with van der Waals surface area (Å²) in [5, 5.41) is 27.4. The fraction of sp³-hybridized carbons (Fsp3) is 0.0789. The molecule has 0 saturated heterocycles. The molecule has 0 fully saturated rings. The second-order valence-corrected chi connectivity index (χ2v) is 10.4. The molecule has 47 heavy (non-hydrogen) atoms. The van der Waals surface area contributed by atoms with Gasteiger partial charge in [-0.25, -0.2) is 16.2 Å². The number of nitrogens with zero attached hydrogens (tertiary/aromatic N) is 2. The fourth-order valence-electron chi connectivity index (χ4n) is 4.35. The van der Waals surface area contributed by atoms with Crippen LogP contribution in [0.15, 0.2) is 111 Å². The number of nitriles is 1. The van der Waals surface area contributed by atoms with E-state index in [1.165, 1.54) is 17.2 Å². The number of hydrogen-bond donors (Lipinski definition) is 2. The molecule has 0 unspecified atom stereocenters. The molecule has 232 valence electrons. The van der Waals surface area contributed by atoms with E-state index in [0.717, 1.165) is 45.3 Å². The fourth-order valence-corrected chi connectivity index (χ4v) is 4.35. The van der Waals surface area contributed by atoms with Gasteiger partial charge in [0, 0.05) is 27.5 Å². The third kappa shape index (κ3) is 8.91. The average Bonchev–Trinajstić information content (AvgIpc) is 3.68. The first-order valence-corrected chi connectivity index (χ1v) is 14.2. The Morgan fingerprint density at radius 1 is 0.766 bits per heavy atom. The van der Waals surface area contributed by atoms with Gasteiger partial charge in [-0.15, -0.1) is 0 Å². The minimum absolute atomic E-state index is 0.310. The minimum Gasteiger partial charge on any atom is -0.477 e. The van der Waals surface area contributed by atoms with Gasteiger partial charge in [0.05, 0.1) is 0 Å². The highest BCUT2D eigenvalue weighted by Gasteiger charge is 2.10. The molecule has 0 aliphatic carbocycles. The van der Waals surface area contributed by atoms with Crippen LogP contribution in [0.3, 0.4) is 0 Å². The highest BCUT2D eigenvalue weighted by molar-refractivity contribution is 5.97. The van der Waals surface area contributed by atoms with Crippen LogP contribution in [-0.2, 0) is 9.59 Å². The molecule has 2 heterocycles. The van der Waals surface area contributed by atoms with Crippen LogP contribution in [0, 0.1) is 31.8 Å². The van der Waals surface area contributed by atoms with Gasteiger partial charge in [0.2, 0.25) is 0 Å². The van der Waals surface area contributed by atoms with Gasteiger partial charge in [0.1, 0.15) is 40.6 Å². The number of fused-ring (bicyclic) bond motifs is 2. The molecule has 0 aliphatic heterocycles. The van der Waals surface area contributed by atoms with Crippen LogP contribution in [0.2, 0.25) is 0 Å². The average molecular weight is 625 g/mol. The molecule has 0 atom stereocenters. The number of aliphatic carboxylic acids is 2. The molecular weight excluding hydrogens is 596 g/mol. The minimum atomic E-state index is -1.24. The lowest BCUT2D eigenvalue weighted by Crippen LogP contribution is -1.97. The van der Waals surface area contributed by atoms with Crippen LogP contribution in [0.25, 0.3) is 55.5 Å². The second kappa shape index (κ2) is 15.3. The van der Waals surface area contributed by atoms with E-state index < -0.39 is 18.5 Å². The maximum absolute atomic E-state index is 10.9. The SMILES string of the molecule is Cc1ccc(-c2cc3ccc(C=C(C#N)C(=O)O)cc3o2)cc1.Cc1ccc(-c2cc3ccc(C=O)cc3o2)cc1.[C-]#[N+]CC(=O)O. The summed E-state index contributed by atoms with van der Waals surface area (Å²) in [5.41, 5.74) is 6.75. The van der Waals surface area contributed by atoms with Crippen molar-refractivity contribution in [2.45, 2.75) is 13.8 Å². The molecule has 0 amide bonds. The summed E-state index contributed by atoms with van der Waals surface area (Å²) in [6.07, 6.45) is 2.16. The van der Waals surface area contributed by atoms with Gasteiger partial charge in [-0.3, -0.25) is 4.79 Å². The van der Waals surface area contributed by atoms with Crippen molar-refractivity contribution >= 4 is 46.2 Å². The van der Waals surface area contributed by atoms with Gasteiger partial charge in [-0.05, 0) is 49.8 Å². The largest absolute Gasteiger partial charge is 0.477 e. The summed E-state index contributed by atoms with van der Waals surface area (Å²) >= 11 is 0. The van der Waals surface area contributed by atoms with E-state index in [1.807, 2.05) is 67.6 Å². The summed E-state index contributed by atoms with van der Waals surface area (Å²) in [4.78, 5) is 33.6. The Morgan fingerprint density at radius 3 is 1.62 bits per heavy atom. The van der Waals surface area contributed by atoms with Gasteiger partial charge < -0.3 is 23.9 Å². The zero-order valence-corrected chi connectivity index (χ0v) is 25.4. The number of carbonyl (C=O) groups excluding carboxylic acids is 1. The molecule has 4 aromatic carbocycles. The third-order valence-corrected chi connectivity index (χ3v) is 6.77. The first-order chi connectivity index (χ1) is 22.6. The second-order valence-electron chi connectivity index (χ2n) is 10.4. The zero-order chi connectivity index (χ0) is 33.9. The normalized spacial score (nSPS) is 10.5. The molecular formula is C38H28N2O7. The number of hydrogen-bond acceptors (Lipinski definition) is 6. The molecule has 0 aliphatic rings. The van der Waals surface area contributed by atoms with E-state index in [0.29, 0.717) is 16.7 Å². The van der Waals surface area contributed by atoms with Crippen molar-refractivity contribution in [2.24, 2.45) is 0 Å². The Kier molecular flexibility index (Phi) is 10.8. The number of rotatable bonds is 6. The Bertz CT molecular complexity index is 2170. The number of carbonyl (C=O) groups is 3. The van der Waals surface area contributed by atoms with E-state index in [2.05, 4.69) is 23.9 Å². The van der Waals surface area contributed by atoms with Crippen LogP contribution in [-0.4, -0.2) is 35.0 Å². The lowest BCUT2D eigenvalue weighted by atomic mass is 10.1. The number of aldehydes is 1. The third-order valence-electron chi connectivity index (χ3n) is 6.77. The Balaban J connectivity index is 0.000000185. The maximum Gasteiger partial charge on any atom is 0.384 e. The molecule has 0 radical (unpaired) electrons. The van der Waals surface area contributed by atoms with Gasteiger partial charge in [0.15, 0.2) is 0 Å². The first kappa shape index (κ1) is 33.2. The van der Waals surface area contributed by atoms with E-state index in [4.69, 9.17) is 30.9 Å². The lowest BCUT2D eigenvalue weighted by Gasteiger charge is -1.97. The Labute approximate surface area is 270 Å². The number of aryl methyl sites for hydroxylation is 2. The molecule has 6 rings (SSSR count). The monoisotopic (exact) mass is 624 g/mol. The quantitative estimate of drug-likeness (QED) is 0.0810. The maximum atomic E-state index is 10.9. The van der Waals surface area contributed by atoms with Crippen LogP contribution in [0.5, 0.6) is 0 Å². The van der Waals surface area contributed by atoms with Crippen molar-refractivity contribution in [3.63, 3.8) is 0 Å². The molecule has 0 bridgehead atoms. The zero-order valence-electron chi connectivity index (χ0n) is 25.4. The van der Waals surface area contributed by atoms with E-state index in [1.54, 1.807) is 30.3 Å². The highest BCUT2D eigenvalue weighted by Crippen LogP contribution is 2.30. The van der Waals surface area contributed by atoms with Gasteiger partial charge in [-0.1, -0.05) is 83.9 Å². The summed E-state index contributed by atoms with van der Waals surface area (Å²) in [7, 11) is 0. The summed E-state index contributed by atoms with van der Waals surface area (Å²) in [6.45, 7) is 9.64. The highest BCUT2D eigenvalue weighted by atomic mass is 16.4. The van der Waals surface area contributed by atoms with Gasteiger partial charge in [-0.2, -0.15) is 5.26 Å². The van der Waals surface area contributed by atoms with Gasteiger partial charge >= 0.3 is 18.5 Å². The number of furan rings is 2. The van der Waals surface area contributed by atoms with Crippen LogP contribution in [0.4, 0.5) is 0 Å². The summed E-state index contributed by atoms with van der Waals surface area (Å²) < 4.78 is 11.6. The molecule has 2 N–H and O–H groups in total. The van der Waals surface area contributed by atoms with E-state index >= 15 is 0 Å². The Morgan fingerprint density at radius 2 is 1.23 bits per heavy atom. The number of carboxylic acids is 2. The number of benzene rings is 4. The lowest BCUT2D eigenvalue weighted by molar-refractivity contribution is -0.135. The first-order valence-electron chi connectivity index (χ1n) is 14.2. The van der Waals surface area contributed by atoms with Crippen molar-refractivity contribution in [3.05, 3.63) is 136 Å². The van der Waals surface area contributed by atoms with Crippen LogP contribution in [0.1, 0.15) is 27.0 Å². The van der Waals surface area contributed by atoms with E-state index in [9.17, 15) is 14.4 Å². The molecule has 9 heteroatoms. The van der Waals surface area contributed by atoms with Crippen molar-refractivity contribution in [3.8, 4) is 28.7 Å². The van der Waals surface area contributed by atoms with Crippen molar-refractivity contribution in [1.82, 2.24) is 0 Å². The summed E-state index contributed by atoms with van der Waals surface area (Å²) in [5.74, 6) is -0.731. The van der Waals surface area contributed by atoms with Crippen molar-refractivity contribution in [1.29, 1.82) is 5.26 Å². The molecule has 0 saturated carbocycles. The van der Waals surface area contributed by atoms with Crippen LogP contribution >= 0.6 is 0 Å². The predicted molar refractivity (Wildman–Crippen MR) is 178 cm³/mol. The summed E-state index contributed by atoms with van der Waals surface area (Å²) in [6, 6.07) is 32.6. The Hall–Kier alpha value is -6.71. The molecule has 9 nitrogen and oxygen atoms in total. The standard InChI is InChI=1S/C19H13NO3.C16H12O2.C3H3NO2/c1-12-2-5-14(6-3-12)18-10-15-7-4-13(9-17(15)23-18)8-16(11-20)19(21)22;1-11-2-5-13(6-3-11)16-9-14-7-4-12(10-17)8-15(14)18-16;1-4-2-3(5)6/h2-10H,1H3,(H,21,22);2-10H,1H3;2H2,(H,5,6). The predicted octanol–water partition coefficient (Wildman–Crippen LogP) is 8.61. The van der Waals surface area contributed by atoms with Gasteiger partial charge in [0.25, 0.3) is 0 Å². The topological polar surface area (TPSA) is 146 Å². The van der Waals surface area contributed by atoms with Crippen LogP contribution < -0.4 is 0 Å². The van der Waals surface area contributed by atoms with E-state index in [-0.39, 0.29) is 5.57 Å². The molecule has 2 aromatic heterocycles. The van der Waals surface area contributed by atoms with Crippen molar-refractivity contribution in [2.75, 3.05) is 6.54 Å².